The Bertz CT molecular complexity index is 1060. The summed E-state index contributed by atoms with van der Waals surface area (Å²) in [6.07, 6.45) is 2.09. The lowest BCUT2D eigenvalue weighted by Gasteiger charge is -2.09. The molecule has 0 fully saturated rings. The molecular formula is C20H20N2O3S2. The summed E-state index contributed by atoms with van der Waals surface area (Å²) in [4.78, 5) is 17.1. The molecule has 7 heteroatoms. The first-order valence-electron chi connectivity index (χ1n) is 8.39. The van der Waals surface area contributed by atoms with Crippen molar-refractivity contribution in [1.29, 1.82) is 0 Å². The second-order valence-corrected chi connectivity index (χ2v) is 9.33. The third-order valence-electron chi connectivity index (χ3n) is 4.04. The van der Waals surface area contributed by atoms with Crippen molar-refractivity contribution in [3.63, 3.8) is 0 Å². The van der Waals surface area contributed by atoms with Crippen molar-refractivity contribution in [2.24, 2.45) is 0 Å². The number of amides is 1. The van der Waals surface area contributed by atoms with Gasteiger partial charge in [-0.3, -0.25) is 4.79 Å². The highest BCUT2D eigenvalue weighted by atomic mass is 32.2. The predicted octanol–water partition coefficient (Wildman–Crippen LogP) is 3.63. The summed E-state index contributed by atoms with van der Waals surface area (Å²) in [5.74, 6) is -0.179. The van der Waals surface area contributed by atoms with Gasteiger partial charge in [0.25, 0.3) is 0 Å². The van der Waals surface area contributed by atoms with E-state index in [1.54, 1.807) is 30.4 Å². The fourth-order valence-corrected chi connectivity index (χ4v) is 4.18. The Labute approximate surface area is 163 Å². The van der Waals surface area contributed by atoms with Gasteiger partial charge in [-0.25, -0.2) is 13.4 Å². The molecule has 5 nitrogen and oxygen atoms in total. The van der Waals surface area contributed by atoms with E-state index in [4.69, 9.17) is 0 Å². The Morgan fingerprint density at radius 2 is 1.89 bits per heavy atom. The van der Waals surface area contributed by atoms with Gasteiger partial charge in [-0.05, 0) is 36.2 Å². The van der Waals surface area contributed by atoms with E-state index in [9.17, 15) is 13.2 Å². The van der Waals surface area contributed by atoms with Crippen LogP contribution in [0.4, 0.5) is 5.69 Å². The number of carbonyl (C=O) groups excluding carboxylic acids is 1. The van der Waals surface area contributed by atoms with Gasteiger partial charge in [-0.15, -0.1) is 11.3 Å². The molecule has 2 aromatic carbocycles. The Morgan fingerprint density at radius 3 is 2.56 bits per heavy atom. The van der Waals surface area contributed by atoms with Crippen molar-refractivity contribution in [3.05, 3.63) is 75.7 Å². The molecule has 0 aliphatic carbocycles. The zero-order valence-electron chi connectivity index (χ0n) is 15.1. The number of aromatic nitrogens is 1. The van der Waals surface area contributed by atoms with Gasteiger partial charge in [0.1, 0.15) is 0 Å². The van der Waals surface area contributed by atoms with Gasteiger partial charge in [-0.1, -0.05) is 30.3 Å². The minimum atomic E-state index is -3.26. The van der Waals surface area contributed by atoms with Gasteiger partial charge in [0, 0.05) is 23.7 Å². The van der Waals surface area contributed by atoms with E-state index in [0.29, 0.717) is 11.3 Å². The fraction of sp³-hybridized carbons (Fsp3) is 0.200. The minimum Gasteiger partial charge on any atom is -0.326 e. The lowest BCUT2D eigenvalue weighted by molar-refractivity contribution is -0.115. The first kappa shape index (κ1) is 19.3. The van der Waals surface area contributed by atoms with Crippen LogP contribution >= 0.6 is 11.3 Å². The van der Waals surface area contributed by atoms with Crippen LogP contribution < -0.4 is 5.32 Å². The third kappa shape index (κ3) is 5.24. The zero-order chi connectivity index (χ0) is 19.4. The molecule has 0 radical (unpaired) electrons. The van der Waals surface area contributed by atoms with Crippen molar-refractivity contribution >= 4 is 32.8 Å². The molecule has 0 unspecified atom stereocenters. The standard InChI is InChI=1S/C20H20N2O3S2/c1-14-10-17(27(2,24)25)8-9-18(14)22-19(23)12-16-13-26-20(21-16)11-15-6-4-3-5-7-15/h3-10,13H,11-12H2,1-2H3,(H,22,23). The number of carbonyl (C=O) groups is 1. The van der Waals surface area contributed by atoms with E-state index in [-0.39, 0.29) is 17.2 Å². The first-order chi connectivity index (χ1) is 12.8. The molecule has 0 aliphatic rings. The summed E-state index contributed by atoms with van der Waals surface area (Å²) in [7, 11) is -3.26. The maximum absolute atomic E-state index is 12.3. The topological polar surface area (TPSA) is 76.1 Å². The molecule has 1 amide bonds. The van der Waals surface area contributed by atoms with Crippen molar-refractivity contribution in [2.75, 3.05) is 11.6 Å². The molecule has 0 aliphatic heterocycles. The van der Waals surface area contributed by atoms with Crippen LogP contribution in [0.15, 0.2) is 58.8 Å². The summed E-state index contributed by atoms with van der Waals surface area (Å²) in [6, 6.07) is 14.7. The molecule has 1 aromatic heterocycles. The minimum absolute atomic E-state index is 0.179. The molecule has 0 spiro atoms. The second-order valence-electron chi connectivity index (χ2n) is 6.37. The quantitative estimate of drug-likeness (QED) is 0.686. The molecule has 1 heterocycles. The van der Waals surface area contributed by atoms with E-state index >= 15 is 0 Å². The van der Waals surface area contributed by atoms with Gasteiger partial charge in [0.15, 0.2) is 9.84 Å². The highest BCUT2D eigenvalue weighted by Crippen LogP contribution is 2.20. The highest BCUT2D eigenvalue weighted by Gasteiger charge is 2.12. The Balaban J connectivity index is 1.63. The summed E-state index contributed by atoms with van der Waals surface area (Å²) in [5.41, 5.74) is 3.22. The monoisotopic (exact) mass is 400 g/mol. The zero-order valence-corrected chi connectivity index (χ0v) is 16.7. The number of aryl methyl sites for hydroxylation is 1. The van der Waals surface area contributed by atoms with Crippen molar-refractivity contribution in [1.82, 2.24) is 4.98 Å². The SMILES string of the molecule is Cc1cc(S(C)(=O)=O)ccc1NC(=O)Cc1csc(Cc2ccccc2)n1. The van der Waals surface area contributed by atoms with E-state index in [0.717, 1.165) is 23.4 Å². The number of hydrogen-bond acceptors (Lipinski definition) is 5. The van der Waals surface area contributed by atoms with Crippen LogP contribution in [0.5, 0.6) is 0 Å². The molecule has 1 N–H and O–H groups in total. The summed E-state index contributed by atoms with van der Waals surface area (Å²) >= 11 is 1.54. The van der Waals surface area contributed by atoms with Crippen LogP contribution in [0.1, 0.15) is 21.8 Å². The number of nitrogens with one attached hydrogen (secondary N) is 1. The van der Waals surface area contributed by atoms with Crippen molar-refractivity contribution < 1.29 is 13.2 Å². The lowest BCUT2D eigenvalue weighted by Crippen LogP contribution is -2.15. The lowest BCUT2D eigenvalue weighted by atomic mass is 10.2. The van der Waals surface area contributed by atoms with Crippen LogP contribution in [-0.4, -0.2) is 25.6 Å². The highest BCUT2D eigenvalue weighted by molar-refractivity contribution is 7.90. The van der Waals surface area contributed by atoms with Crippen LogP contribution in [0.25, 0.3) is 0 Å². The summed E-state index contributed by atoms with van der Waals surface area (Å²) in [6.45, 7) is 1.77. The largest absolute Gasteiger partial charge is 0.326 e. The van der Waals surface area contributed by atoms with Gasteiger partial charge >= 0.3 is 0 Å². The molecule has 0 saturated carbocycles. The van der Waals surface area contributed by atoms with Gasteiger partial charge in [0.2, 0.25) is 5.91 Å². The number of benzene rings is 2. The van der Waals surface area contributed by atoms with Gasteiger partial charge in [0.05, 0.1) is 22.0 Å². The van der Waals surface area contributed by atoms with Crippen LogP contribution in [0.3, 0.4) is 0 Å². The maximum atomic E-state index is 12.3. The molecule has 0 bridgehead atoms. The first-order valence-corrected chi connectivity index (χ1v) is 11.2. The number of sulfone groups is 1. The van der Waals surface area contributed by atoms with Crippen LogP contribution in [0.2, 0.25) is 0 Å². The molecule has 3 aromatic rings. The van der Waals surface area contributed by atoms with E-state index < -0.39 is 9.84 Å². The van der Waals surface area contributed by atoms with Gasteiger partial charge in [-0.2, -0.15) is 0 Å². The summed E-state index contributed by atoms with van der Waals surface area (Å²) in [5, 5.41) is 5.70. The Kier molecular flexibility index (Phi) is 5.72. The van der Waals surface area contributed by atoms with Crippen LogP contribution in [0, 0.1) is 6.92 Å². The number of hydrogen-bond donors (Lipinski definition) is 1. The number of rotatable bonds is 6. The molecular weight excluding hydrogens is 380 g/mol. The normalized spacial score (nSPS) is 11.3. The maximum Gasteiger partial charge on any atom is 0.230 e. The number of nitrogens with zero attached hydrogens (tertiary/aromatic N) is 1. The number of thiazole rings is 1. The average Bonchev–Trinajstić information content (AvgIpc) is 3.03. The second kappa shape index (κ2) is 8.02. The van der Waals surface area contributed by atoms with Crippen molar-refractivity contribution in [3.8, 4) is 0 Å². The van der Waals surface area contributed by atoms with E-state index in [1.165, 1.54) is 11.6 Å². The number of anilines is 1. The third-order valence-corrected chi connectivity index (χ3v) is 6.05. The Hall–Kier alpha value is -2.51. The smallest absolute Gasteiger partial charge is 0.230 e. The van der Waals surface area contributed by atoms with Crippen molar-refractivity contribution in [2.45, 2.75) is 24.7 Å². The van der Waals surface area contributed by atoms with E-state index in [2.05, 4.69) is 22.4 Å². The molecule has 0 saturated heterocycles. The molecule has 27 heavy (non-hydrogen) atoms. The van der Waals surface area contributed by atoms with Crippen LogP contribution in [-0.2, 0) is 27.5 Å². The molecule has 0 atom stereocenters. The predicted molar refractivity (Wildman–Crippen MR) is 108 cm³/mol. The fourth-order valence-electron chi connectivity index (χ4n) is 2.65. The molecule has 140 valence electrons. The van der Waals surface area contributed by atoms with E-state index in [1.807, 2.05) is 23.6 Å². The summed E-state index contributed by atoms with van der Waals surface area (Å²) < 4.78 is 23.2. The molecule has 3 rings (SSSR count). The Morgan fingerprint density at radius 1 is 1.15 bits per heavy atom. The average molecular weight is 401 g/mol. The van der Waals surface area contributed by atoms with Gasteiger partial charge < -0.3 is 5.32 Å².